The molecule has 0 atom stereocenters. The average molecular weight is 564 g/mol. The molecule has 0 saturated carbocycles. The SMILES string of the molecule is C=C/C=C(\C(N)=C(\Br)CNCCN=C(SCC)N1CCOCC1)N(N)CC(C)(C)C.CC.CC. The number of amidine groups is 1. The van der Waals surface area contributed by atoms with Crippen LogP contribution in [-0.2, 0) is 4.74 Å². The second kappa shape index (κ2) is 21.3. The van der Waals surface area contributed by atoms with Crippen LogP contribution in [0, 0.1) is 5.41 Å². The first-order valence-corrected chi connectivity index (χ1v) is 14.2. The van der Waals surface area contributed by atoms with E-state index >= 15 is 0 Å². The van der Waals surface area contributed by atoms with E-state index in [1.807, 2.05) is 33.8 Å². The lowest BCUT2D eigenvalue weighted by Gasteiger charge is -2.30. The Morgan fingerprint density at radius 1 is 1.24 bits per heavy atom. The van der Waals surface area contributed by atoms with Gasteiger partial charge in [-0.1, -0.05) is 95.7 Å². The average Bonchev–Trinajstić information content (AvgIpc) is 2.83. The predicted molar refractivity (Wildman–Crippen MR) is 157 cm³/mol. The monoisotopic (exact) mass is 562 g/mol. The number of halogens is 1. The van der Waals surface area contributed by atoms with Crippen molar-refractivity contribution in [2.45, 2.75) is 55.4 Å². The maximum atomic E-state index is 6.37. The summed E-state index contributed by atoms with van der Waals surface area (Å²) in [6.07, 6.45) is 3.54. The number of aliphatic imine (C=N–C) groups is 1. The number of hydrogen-bond acceptors (Lipinski definition) is 7. The summed E-state index contributed by atoms with van der Waals surface area (Å²) >= 11 is 5.39. The largest absolute Gasteiger partial charge is 0.396 e. The molecular formula is C25H51BrN6OS. The van der Waals surface area contributed by atoms with Gasteiger partial charge < -0.3 is 25.7 Å². The van der Waals surface area contributed by atoms with Crippen LogP contribution in [0.4, 0.5) is 0 Å². The molecule has 0 aromatic heterocycles. The van der Waals surface area contributed by atoms with Crippen LogP contribution < -0.4 is 16.9 Å². The molecule has 1 heterocycles. The lowest BCUT2D eigenvalue weighted by Crippen LogP contribution is -2.40. The molecule has 7 nitrogen and oxygen atoms in total. The Morgan fingerprint density at radius 2 is 1.82 bits per heavy atom. The van der Waals surface area contributed by atoms with E-state index < -0.39 is 0 Å². The number of nitrogens with zero attached hydrogens (tertiary/aromatic N) is 3. The van der Waals surface area contributed by atoms with Crippen molar-refractivity contribution in [3.63, 3.8) is 0 Å². The number of nitrogens with two attached hydrogens (primary N) is 2. The molecule has 1 fully saturated rings. The maximum Gasteiger partial charge on any atom is 0.159 e. The number of ether oxygens (including phenoxy) is 1. The number of thioether (sulfide) groups is 1. The summed E-state index contributed by atoms with van der Waals surface area (Å²) < 4.78 is 6.30. The maximum absolute atomic E-state index is 6.37. The molecule has 0 unspecified atom stereocenters. The third-order valence-corrected chi connectivity index (χ3v) is 5.81. The Hall–Kier alpha value is -1.00. The Bertz CT molecular complexity index is 625. The predicted octanol–water partition coefficient (Wildman–Crippen LogP) is 4.93. The van der Waals surface area contributed by atoms with Gasteiger partial charge in [0.2, 0.25) is 0 Å². The first-order valence-electron chi connectivity index (χ1n) is 12.4. The number of nitrogens with one attached hydrogen (secondary N) is 1. The van der Waals surface area contributed by atoms with Gasteiger partial charge in [-0.05, 0) is 17.2 Å². The van der Waals surface area contributed by atoms with Crippen molar-refractivity contribution >= 4 is 32.9 Å². The topological polar surface area (TPSA) is 92.1 Å². The van der Waals surface area contributed by atoms with Crippen molar-refractivity contribution in [1.82, 2.24) is 15.2 Å². The Labute approximate surface area is 222 Å². The fourth-order valence-corrected chi connectivity index (χ4v) is 4.04. The van der Waals surface area contributed by atoms with Gasteiger partial charge in [-0.15, -0.1) is 0 Å². The van der Waals surface area contributed by atoms with Crippen LogP contribution in [0.25, 0.3) is 0 Å². The molecule has 200 valence electrons. The van der Waals surface area contributed by atoms with Crippen molar-refractivity contribution in [2.24, 2.45) is 22.0 Å². The molecule has 0 bridgehead atoms. The highest BCUT2D eigenvalue weighted by Crippen LogP contribution is 2.21. The number of rotatable bonds is 10. The van der Waals surface area contributed by atoms with Gasteiger partial charge in [0, 0.05) is 37.2 Å². The van der Waals surface area contributed by atoms with Crippen LogP contribution in [0.3, 0.4) is 0 Å². The third-order valence-electron chi connectivity index (χ3n) is 4.17. The Balaban J connectivity index is 0. The highest BCUT2D eigenvalue weighted by Gasteiger charge is 2.18. The van der Waals surface area contributed by atoms with Gasteiger partial charge in [0.1, 0.15) is 0 Å². The normalized spacial score (nSPS) is 15.4. The molecule has 1 saturated heterocycles. The lowest BCUT2D eigenvalue weighted by molar-refractivity contribution is 0.0692. The fraction of sp³-hybridized carbons (Fsp3) is 0.720. The van der Waals surface area contributed by atoms with E-state index in [1.165, 1.54) is 0 Å². The minimum Gasteiger partial charge on any atom is -0.396 e. The zero-order chi connectivity index (χ0) is 26.6. The summed E-state index contributed by atoms with van der Waals surface area (Å²) in [4.78, 5) is 7.09. The lowest BCUT2D eigenvalue weighted by atomic mass is 9.96. The van der Waals surface area contributed by atoms with Crippen LogP contribution in [0.1, 0.15) is 55.4 Å². The van der Waals surface area contributed by atoms with Crippen LogP contribution in [0.5, 0.6) is 0 Å². The first-order chi connectivity index (χ1) is 16.2. The quantitative estimate of drug-likeness (QED) is 0.0867. The van der Waals surface area contributed by atoms with Crippen molar-refractivity contribution in [3.8, 4) is 0 Å². The van der Waals surface area contributed by atoms with Gasteiger partial charge in [0.15, 0.2) is 5.17 Å². The van der Waals surface area contributed by atoms with E-state index in [9.17, 15) is 0 Å². The first kappa shape index (κ1) is 35.2. The minimum atomic E-state index is 0.0483. The summed E-state index contributed by atoms with van der Waals surface area (Å²) in [5.41, 5.74) is 7.78. The molecule has 0 spiro atoms. The standard InChI is InChI=1S/C21H39BrN6OS.2C2H6/c1-6-8-18(28(24)16-21(3,4)5)19(23)17(22)15-25-9-10-26-20(30-7-2)27-11-13-29-14-12-27;2*1-2/h6,8,25H,1,7,9-16,23-24H2,2-5H3;2*1-2H3/b18-8+,19-17-,26-20?;;. The van der Waals surface area contributed by atoms with Gasteiger partial charge >= 0.3 is 0 Å². The molecule has 1 aliphatic rings. The second-order valence-corrected chi connectivity index (χ2v) is 10.4. The number of hydrogen-bond donors (Lipinski definition) is 3. The van der Waals surface area contributed by atoms with E-state index in [4.69, 9.17) is 21.3 Å². The van der Waals surface area contributed by atoms with Gasteiger partial charge in [0.25, 0.3) is 0 Å². The molecule has 0 amide bonds. The van der Waals surface area contributed by atoms with Crippen molar-refractivity contribution in [1.29, 1.82) is 0 Å². The fourth-order valence-electron chi connectivity index (χ4n) is 2.83. The smallest absolute Gasteiger partial charge is 0.159 e. The van der Waals surface area contributed by atoms with E-state index in [2.05, 4.69) is 60.4 Å². The summed E-state index contributed by atoms with van der Waals surface area (Å²) in [5, 5.41) is 6.18. The summed E-state index contributed by atoms with van der Waals surface area (Å²) in [7, 11) is 0. The summed E-state index contributed by atoms with van der Waals surface area (Å²) in [6, 6.07) is 0. The third kappa shape index (κ3) is 15.8. The molecule has 0 aromatic rings. The molecule has 5 N–H and O–H groups in total. The number of morpholine rings is 1. The zero-order valence-corrected chi connectivity index (χ0v) is 25.3. The molecule has 9 heteroatoms. The van der Waals surface area contributed by atoms with E-state index in [0.29, 0.717) is 25.3 Å². The van der Waals surface area contributed by atoms with Crippen LogP contribution in [0.2, 0.25) is 0 Å². The highest BCUT2D eigenvalue weighted by molar-refractivity contribution is 9.11. The second-order valence-electron chi connectivity index (χ2n) is 8.17. The van der Waals surface area contributed by atoms with Gasteiger partial charge in [-0.25, -0.2) is 5.84 Å². The Morgan fingerprint density at radius 3 is 2.32 bits per heavy atom. The van der Waals surface area contributed by atoms with Crippen molar-refractivity contribution in [2.75, 3.05) is 58.2 Å². The van der Waals surface area contributed by atoms with Crippen LogP contribution in [0.15, 0.2) is 39.6 Å². The summed E-state index contributed by atoms with van der Waals surface area (Å²) in [5.74, 6) is 7.28. The summed E-state index contributed by atoms with van der Waals surface area (Å²) in [6.45, 7) is 26.5. The molecule has 0 radical (unpaired) electrons. The van der Waals surface area contributed by atoms with E-state index in [1.54, 1.807) is 22.8 Å². The number of hydrazine groups is 1. The zero-order valence-electron chi connectivity index (χ0n) is 22.9. The molecule has 1 rings (SSSR count). The number of allylic oxidation sites excluding steroid dienone is 2. The van der Waals surface area contributed by atoms with Crippen LogP contribution in [-0.4, -0.2) is 73.3 Å². The van der Waals surface area contributed by atoms with Gasteiger partial charge in [-0.2, -0.15) is 0 Å². The van der Waals surface area contributed by atoms with E-state index in [-0.39, 0.29) is 5.41 Å². The molecular weight excluding hydrogens is 512 g/mol. The van der Waals surface area contributed by atoms with Gasteiger partial charge in [0.05, 0.1) is 31.2 Å². The molecule has 0 aliphatic carbocycles. The van der Waals surface area contributed by atoms with Gasteiger partial charge in [-0.3, -0.25) is 4.99 Å². The van der Waals surface area contributed by atoms with Crippen molar-refractivity contribution in [3.05, 3.63) is 34.6 Å². The molecule has 34 heavy (non-hydrogen) atoms. The minimum absolute atomic E-state index is 0.0483. The van der Waals surface area contributed by atoms with E-state index in [0.717, 1.165) is 53.9 Å². The van der Waals surface area contributed by atoms with Crippen LogP contribution >= 0.6 is 27.7 Å². The highest BCUT2D eigenvalue weighted by atomic mass is 79.9. The Kier molecular flexibility index (Phi) is 22.0. The van der Waals surface area contributed by atoms with Crippen molar-refractivity contribution < 1.29 is 4.74 Å². The molecule has 1 aliphatic heterocycles. The molecule has 0 aromatic carbocycles.